The predicted molar refractivity (Wildman–Crippen MR) is 107 cm³/mol. The lowest BCUT2D eigenvalue weighted by Gasteiger charge is -2.41. The van der Waals surface area contributed by atoms with Crippen LogP contribution in [0.1, 0.15) is 51.7 Å². The Morgan fingerprint density at radius 3 is 2.29 bits per heavy atom. The zero-order valence-corrected chi connectivity index (χ0v) is 18.1. The summed E-state index contributed by atoms with van der Waals surface area (Å²) in [5, 5.41) is 0. The molecule has 1 amide bonds. The van der Waals surface area contributed by atoms with Crippen molar-refractivity contribution in [2.24, 2.45) is 0 Å². The molecule has 0 saturated carbocycles. The molecule has 3 rings (SSSR count). The first-order valence-electron chi connectivity index (χ1n) is 10.4. The quantitative estimate of drug-likeness (QED) is 0.564. The number of rotatable bonds is 6. The normalized spacial score (nSPS) is 19.2. The molecule has 4 nitrogen and oxygen atoms in total. The molecule has 2 aliphatic rings. The summed E-state index contributed by atoms with van der Waals surface area (Å²) in [5.41, 5.74) is -0.875. The standard InChI is InChI=1S/C22H27F5N2O2/c1-5-28(6-2)13-16-19(29-11-7-8-18(29)30)15-12-14(21(23,24)22(25,26)27)9-10-17(15)31-20(16,3)4/h9-10,12H,5-8,11,13H2,1-4H3. The van der Waals surface area contributed by atoms with E-state index >= 15 is 0 Å². The number of hydrogen-bond donors (Lipinski definition) is 0. The van der Waals surface area contributed by atoms with E-state index in [9.17, 15) is 26.7 Å². The number of likely N-dealkylation sites (N-methyl/N-ethyl adjacent to an activating group) is 1. The molecule has 2 aliphatic heterocycles. The van der Waals surface area contributed by atoms with Gasteiger partial charge in [-0.2, -0.15) is 22.0 Å². The van der Waals surface area contributed by atoms with Crippen molar-refractivity contribution in [3.63, 3.8) is 0 Å². The molecular formula is C22H27F5N2O2. The molecular weight excluding hydrogens is 419 g/mol. The summed E-state index contributed by atoms with van der Waals surface area (Å²) in [7, 11) is 0. The summed E-state index contributed by atoms with van der Waals surface area (Å²) in [6, 6.07) is 2.70. The van der Waals surface area contributed by atoms with Gasteiger partial charge in [0.2, 0.25) is 5.91 Å². The summed E-state index contributed by atoms with van der Waals surface area (Å²) in [6.07, 6.45) is -4.83. The van der Waals surface area contributed by atoms with Crippen LogP contribution in [0.15, 0.2) is 23.8 Å². The van der Waals surface area contributed by atoms with Crippen molar-refractivity contribution in [3.8, 4) is 5.75 Å². The molecule has 1 fully saturated rings. The highest BCUT2D eigenvalue weighted by atomic mass is 19.4. The first-order chi connectivity index (χ1) is 14.3. The van der Waals surface area contributed by atoms with E-state index in [-0.39, 0.29) is 17.2 Å². The van der Waals surface area contributed by atoms with E-state index in [1.54, 1.807) is 0 Å². The Balaban J connectivity index is 2.25. The van der Waals surface area contributed by atoms with Crippen LogP contribution in [0.4, 0.5) is 22.0 Å². The van der Waals surface area contributed by atoms with Crippen molar-refractivity contribution in [1.82, 2.24) is 9.80 Å². The first-order valence-corrected chi connectivity index (χ1v) is 10.4. The average molecular weight is 446 g/mol. The number of carbonyl (C=O) groups is 1. The van der Waals surface area contributed by atoms with Crippen LogP contribution in [-0.4, -0.2) is 53.7 Å². The highest BCUT2D eigenvalue weighted by molar-refractivity contribution is 5.91. The van der Waals surface area contributed by atoms with E-state index in [1.165, 1.54) is 4.90 Å². The molecule has 1 aromatic rings. The van der Waals surface area contributed by atoms with Gasteiger partial charge in [0.1, 0.15) is 11.4 Å². The Bertz CT molecular complexity index is 888. The maximum absolute atomic E-state index is 14.1. The number of fused-ring (bicyclic) bond motifs is 1. The SMILES string of the molecule is CCN(CC)CC1=C(N2CCCC2=O)c2cc(C(F)(F)C(F)(F)F)ccc2OC1(C)C. The number of ether oxygens (including phenoxy) is 1. The van der Waals surface area contributed by atoms with Crippen LogP contribution >= 0.6 is 0 Å². The second kappa shape index (κ2) is 8.07. The van der Waals surface area contributed by atoms with Crippen LogP contribution in [-0.2, 0) is 10.7 Å². The zero-order valence-electron chi connectivity index (χ0n) is 18.1. The van der Waals surface area contributed by atoms with Crippen molar-refractivity contribution >= 4 is 11.6 Å². The van der Waals surface area contributed by atoms with Crippen molar-refractivity contribution in [2.45, 2.75) is 58.2 Å². The second-order valence-corrected chi connectivity index (χ2v) is 8.33. The van der Waals surface area contributed by atoms with Gasteiger partial charge < -0.3 is 9.64 Å². The number of alkyl halides is 5. The molecule has 31 heavy (non-hydrogen) atoms. The Kier molecular flexibility index (Phi) is 6.12. The molecule has 0 aromatic heterocycles. The molecule has 0 aliphatic carbocycles. The number of hydrogen-bond acceptors (Lipinski definition) is 3. The minimum absolute atomic E-state index is 0.0955. The van der Waals surface area contributed by atoms with Gasteiger partial charge in [-0.05, 0) is 51.6 Å². The maximum Gasteiger partial charge on any atom is 0.458 e. The largest absolute Gasteiger partial charge is 0.483 e. The molecule has 0 bridgehead atoms. The second-order valence-electron chi connectivity index (χ2n) is 8.33. The lowest BCUT2D eigenvalue weighted by atomic mass is 9.87. The van der Waals surface area contributed by atoms with Gasteiger partial charge in [0.25, 0.3) is 0 Å². The lowest BCUT2D eigenvalue weighted by molar-refractivity contribution is -0.289. The Hall–Kier alpha value is -2.16. The smallest absolute Gasteiger partial charge is 0.458 e. The van der Waals surface area contributed by atoms with Gasteiger partial charge in [-0.3, -0.25) is 9.69 Å². The van der Waals surface area contributed by atoms with Gasteiger partial charge >= 0.3 is 12.1 Å². The van der Waals surface area contributed by atoms with Crippen LogP contribution in [0.25, 0.3) is 5.70 Å². The molecule has 172 valence electrons. The van der Waals surface area contributed by atoms with Gasteiger partial charge in [0, 0.05) is 36.2 Å². The van der Waals surface area contributed by atoms with Crippen LogP contribution in [0, 0.1) is 0 Å². The van der Waals surface area contributed by atoms with Crippen LogP contribution < -0.4 is 4.74 Å². The number of halogens is 5. The highest BCUT2D eigenvalue weighted by Crippen LogP contribution is 2.49. The topological polar surface area (TPSA) is 32.8 Å². The van der Waals surface area contributed by atoms with E-state index < -0.39 is 23.3 Å². The molecule has 2 heterocycles. The van der Waals surface area contributed by atoms with E-state index in [2.05, 4.69) is 4.90 Å². The zero-order chi connectivity index (χ0) is 23.2. The minimum atomic E-state index is -5.73. The van der Waals surface area contributed by atoms with Crippen molar-refractivity contribution < 1.29 is 31.5 Å². The molecule has 0 atom stereocenters. The van der Waals surface area contributed by atoms with Crippen molar-refractivity contribution in [2.75, 3.05) is 26.2 Å². The van der Waals surface area contributed by atoms with Crippen molar-refractivity contribution in [1.29, 1.82) is 0 Å². The van der Waals surface area contributed by atoms with Gasteiger partial charge in [0.15, 0.2) is 0 Å². The first kappa shape index (κ1) is 23.5. The van der Waals surface area contributed by atoms with Gasteiger partial charge in [-0.15, -0.1) is 0 Å². The molecule has 0 spiro atoms. The minimum Gasteiger partial charge on any atom is -0.483 e. The third-order valence-electron chi connectivity index (χ3n) is 5.95. The molecule has 9 heteroatoms. The fourth-order valence-electron chi connectivity index (χ4n) is 4.08. The summed E-state index contributed by atoms with van der Waals surface area (Å²) < 4.78 is 73.3. The summed E-state index contributed by atoms with van der Waals surface area (Å²) in [4.78, 5) is 16.2. The molecule has 0 radical (unpaired) electrons. The highest BCUT2D eigenvalue weighted by Gasteiger charge is 2.59. The summed E-state index contributed by atoms with van der Waals surface area (Å²) >= 11 is 0. The third-order valence-corrected chi connectivity index (χ3v) is 5.95. The van der Waals surface area contributed by atoms with Gasteiger partial charge in [0.05, 0.1) is 5.70 Å². The van der Waals surface area contributed by atoms with Crippen molar-refractivity contribution in [3.05, 3.63) is 34.9 Å². The summed E-state index contributed by atoms with van der Waals surface area (Å²) in [5.74, 6) is -5.01. The maximum atomic E-state index is 14.1. The molecule has 1 aromatic carbocycles. The average Bonchev–Trinajstić information content (AvgIpc) is 3.09. The fraction of sp³-hybridized carbons (Fsp3) is 0.591. The van der Waals surface area contributed by atoms with Gasteiger partial charge in [-0.1, -0.05) is 13.8 Å². The number of amides is 1. The number of likely N-dealkylation sites (tertiary alicyclic amines) is 1. The van der Waals surface area contributed by atoms with Crippen LogP contribution in [0.2, 0.25) is 0 Å². The lowest BCUT2D eigenvalue weighted by Crippen LogP contribution is -2.43. The number of nitrogens with zero attached hydrogens (tertiary/aromatic N) is 2. The molecule has 1 saturated heterocycles. The van der Waals surface area contributed by atoms with Crippen LogP contribution in [0.5, 0.6) is 5.75 Å². The summed E-state index contributed by atoms with van der Waals surface area (Å²) in [6.45, 7) is 9.76. The predicted octanol–water partition coefficient (Wildman–Crippen LogP) is 5.19. The fourth-order valence-corrected chi connectivity index (χ4v) is 4.08. The third kappa shape index (κ3) is 4.16. The number of benzene rings is 1. The Morgan fingerprint density at radius 2 is 1.77 bits per heavy atom. The Morgan fingerprint density at radius 1 is 1.13 bits per heavy atom. The van der Waals surface area contributed by atoms with E-state index in [0.29, 0.717) is 50.3 Å². The van der Waals surface area contributed by atoms with E-state index in [0.717, 1.165) is 18.2 Å². The van der Waals surface area contributed by atoms with Gasteiger partial charge in [-0.25, -0.2) is 0 Å². The number of carbonyl (C=O) groups excluding carboxylic acids is 1. The van der Waals surface area contributed by atoms with Crippen LogP contribution in [0.3, 0.4) is 0 Å². The molecule has 0 unspecified atom stereocenters. The van der Waals surface area contributed by atoms with E-state index in [4.69, 9.17) is 4.74 Å². The van der Waals surface area contributed by atoms with E-state index in [1.807, 2.05) is 27.7 Å². The monoisotopic (exact) mass is 446 g/mol. The molecule has 0 N–H and O–H groups in total. The Labute approximate surface area is 178 Å².